The van der Waals surface area contributed by atoms with Gasteiger partial charge in [-0.25, -0.2) is 22.0 Å². The Kier molecular flexibility index (Phi) is 5.75. The number of ether oxygens (including phenoxy) is 1. The van der Waals surface area contributed by atoms with Crippen molar-refractivity contribution in [2.24, 2.45) is 5.92 Å². The molecule has 0 aromatic carbocycles. The summed E-state index contributed by atoms with van der Waals surface area (Å²) >= 11 is 0. The van der Waals surface area contributed by atoms with Crippen molar-refractivity contribution in [1.29, 1.82) is 0 Å². The molecule has 0 amide bonds. The van der Waals surface area contributed by atoms with E-state index in [4.69, 9.17) is 5.11 Å². The zero-order chi connectivity index (χ0) is 13.7. The molecule has 0 bridgehead atoms. The van der Waals surface area contributed by atoms with Gasteiger partial charge >= 0.3 is 24.7 Å². The Hall–Kier alpha value is -1.48. The van der Waals surface area contributed by atoms with Crippen LogP contribution >= 0.6 is 0 Å². The first-order chi connectivity index (χ1) is 7.68. The number of hydrogen-bond donors (Lipinski definition) is 1. The predicted molar refractivity (Wildman–Crippen MR) is 39.0 cm³/mol. The Labute approximate surface area is 90.2 Å². The van der Waals surface area contributed by atoms with Gasteiger partial charge in [0.05, 0.1) is 0 Å². The van der Waals surface area contributed by atoms with Crippen molar-refractivity contribution in [1.82, 2.24) is 0 Å². The second-order valence-corrected chi connectivity index (χ2v) is 2.72. The van der Waals surface area contributed by atoms with Gasteiger partial charge < -0.3 is 9.84 Å². The van der Waals surface area contributed by atoms with Gasteiger partial charge in [-0.05, 0) is 0 Å². The molecule has 0 radical (unpaired) electrons. The molecule has 17 heavy (non-hydrogen) atoms. The van der Waals surface area contributed by atoms with Gasteiger partial charge in [0.25, 0.3) is 6.43 Å². The highest BCUT2D eigenvalue weighted by Crippen LogP contribution is 2.20. The van der Waals surface area contributed by atoms with E-state index in [1.807, 2.05) is 0 Å². The first-order valence-electron chi connectivity index (χ1n) is 3.96. The van der Waals surface area contributed by atoms with Crippen LogP contribution in [0.2, 0.25) is 0 Å². The maximum absolute atomic E-state index is 12.6. The van der Waals surface area contributed by atoms with E-state index in [0.29, 0.717) is 0 Å². The quantitative estimate of drug-likeness (QED) is 0.449. The molecule has 0 aromatic rings. The molecular formula is C7H6F6O4. The van der Waals surface area contributed by atoms with Crippen LogP contribution in [0.25, 0.3) is 0 Å². The first-order valence-corrected chi connectivity index (χ1v) is 3.96. The van der Waals surface area contributed by atoms with E-state index in [-0.39, 0.29) is 0 Å². The molecule has 0 rings (SSSR count). The molecular weight excluding hydrogens is 262 g/mol. The van der Waals surface area contributed by atoms with Crippen LogP contribution < -0.4 is 0 Å². The van der Waals surface area contributed by atoms with E-state index in [1.165, 1.54) is 0 Å². The van der Waals surface area contributed by atoms with Crippen molar-refractivity contribution in [3.05, 3.63) is 0 Å². The van der Waals surface area contributed by atoms with Gasteiger partial charge in [0.15, 0.2) is 12.1 Å². The van der Waals surface area contributed by atoms with Crippen LogP contribution in [0.4, 0.5) is 26.3 Å². The Morgan fingerprint density at radius 3 is 1.71 bits per heavy atom. The summed E-state index contributed by atoms with van der Waals surface area (Å²) in [6.45, 7) is 0. The summed E-state index contributed by atoms with van der Waals surface area (Å²) in [5, 5.41) is 8.23. The van der Waals surface area contributed by atoms with Crippen LogP contribution in [0.15, 0.2) is 0 Å². The molecule has 100 valence electrons. The third kappa shape index (κ3) is 4.49. The Morgan fingerprint density at radius 1 is 0.941 bits per heavy atom. The van der Waals surface area contributed by atoms with Gasteiger partial charge in [-0.15, -0.1) is 0 Å². The molecule has 1 N–H and O–H groups in total. The third-order valence-corrected chi connectivity index (χ3v) is 1.51. The average molecular weight is 268 g/mol. The number of carbonyl (C=O) groups is 2. The lowest BCUT2D eigenvalue weighted by Gasteiger charge is -2.16. The Bertz CT molecular complexity index is 284. The minimum Gasteiger partial charge on any atom is -0.481 e. The first kappa shape index (κ1) is 15.5. The van der Waals surface area contributed by atoms with Crippen LogP contribution in [-0.2, 0) is 14.3 Å². The minimum atomic E-state index is -3.85. The van der Waals surface area contributed by atoms with Crippen molar-refractivity contribution in [2.75, 3.05) is 0 Å². The van der Waals surface area contributed by atoms with Crippen LogP contribution in [0.1, 0.15) is 0 Å². The van der Waals surface area contributed by atoms with E-state index in [9.17, 15) is 35.9 Å². The Balaban J connectivity index is 4.73. The molecule has 0 aromatic heterocycles. The van der Waals surface area contributed by atoms with Gasteiger partial charge in [0.2, 0.25) is 0 Å². The Morgan fingerprint density at radius 2 is 1.41 bits per heavy atom. The summed E-state index contributed by atoms with van der Waals surface area (Å²) in [5.41, 5.74) is 0. The highest BCUT2D eigenvalue weighted by Gasteiger charge is 2.43. The van der Waals surface area contributed by atoms with E-state index < -0.39 is 43.2 Å². The maximum Gasteiger partial charge on any atom is 0.326 e. The SMILES string of the molecule is O=C(O)C(C(=O)OC(F)C(F)F)C(F)C(F)F. The molecule has 0 heterocycles. The largest absolute Gasteiger partial charge is 0.481 e. The van der Waals surface area contributed by atoms with Crippen molar-refractivity contribution in [2.45, 2.75) is 25.4 Å². The van der Waals surface area contributed by atoms with Crippen molar-refractivity contribution in [3.63, 3.8) is 0 Å². The number of esters is 1. The molecule has 0 spiro atoms. The fraction of sp³-hybridized carbons (Fsp3) is 0.714. The fourth-order valence-corrected chi connectivity index (χ4v) is 0.748. The zero-order valence-corrected chi connectivity index (χ0v) is 7.83. The van der Waals surface area contributed by atoms with Gasteiger partial charge in [-0.3, -0.25) is 9.59 Å². The zero-order valence-electron chi connectivity index (χ0n) is 7.83. The molecule has 0 fully saturated rings. The lowest BCUT2D eigenvalue weighted by Crippen LogP contribution is -2.39. The number of aliphatic carboxylic acids is 1. The predicted octanol–water partition coefficient (Wildman–Crippen LogP) is 1.39. The normalized spacial score (nSPS) is 16.7. The number of alkyl halides is 6. The van der Waals surface area contributed by atoms with Crippen LogP contribution in [0.3, 0.4) is 0 Å². The summed E-state index contributed by atoms with van der Waals surface area (Å²) in [6.07, 6.45) is -14.6. The van der Waals surface area contributed by atoms with Gasteiger partial charge in [0.1, 0.15) is 0 Å². The summed E-state index contributed by atoms with van der Waals surface area (Å²) in [7, 11) is 0. The van der Waals surface area contributed by atoms with E-state index in [0.717, 1.165) is 0 Å². The lowest BCUT2D eigenvalue weighted by molar-refractivity contribution is -0.187. The second-order valence-electron chi connectivity index (χ2n) is 2.72. The molecule has 0 saturated heterocycles. The molecule has 3 unspecified atom stereocenters. The smallest absolute Gasteiger partial charge is 0.326 e. The maximum atomic E-state index is 12.6. The van der Waals surface area contributed by atoms with Crippen LogP contribution in [0.5, 0.6) is 0 Å². The fourth-order valence-electron chi connectivity index (χ4n) is 0.748. The molecule has 0 saturated carbocycles. The summed E-state index contributed by atoms with van der Waals surface area (Å²) in [4.78, 5) is 20.9. The minimum absolute atomic E-state index is 2.34. The third-order valence-electron chi connectivity index (χ3n) is 1.51. The molecule has 10 heteroatoms. The van der Waals surface area contributed by atoms with Gasteiger partial charge in [0, 0.05) is 0 Å². The summed E-state index contributed by atoms with van der Waals surface area (Å²) in [5.74, 6) is -7.77. The molecule has 0 aliphatic heterocycles. The standard InChI is InChI=1S/C7H6F6O4/c8-2(3(9)10)1(6(14)15)7(16)17-5(13)4(11)12/h1-5H,(H,14,15). The summed E-state index contributed by atoms with van der Waals surface area (Å²) in [6, 6.07) is 0. The van der Waals surface area contributed by atoms with Crippen molar-refractivity contribution < 1.29 is 45.8 Å². The highest BCUT2D eigenvalue weighted by atomic mass is 19.3. The number of halogens is 6. The summed E-state index contributed by atoms with van der Waals surface area (Å²) < 4.78 is 74.7. The van der Waals surface area contributed by atoms with E-state index in [1.54, 1.807) is 0 Å². The molecule has 3 atom stereocenters. The van der Waals surface area contributed by atoms with E-state index in [2.05, 4.69) is 4.74 Å². The number of carboxylic acid groups (broad SMARTS) is 1. The van der Waals surface area contributed by atoms with Crippen LogP contribution in [-0.4, -0.2) is 42.4 Å². The lowest BCUT2D eigenvalue weighted by atomic mass is 10.0. The van der Waals surface area contributed by atoms with Crippen LogP contribution in [0, 0.1) is 5.92 Å². The number of carbonyl (C=O) groups excluding carboxylic acids is 1. The van der Waals surface area contributed by atoms with Gasteiger partial charge in [-0.2, -0.15) is 4.39 Å². The molecule has 4 nitrogen and oxygen atoms in total. The van der Waals surface area contributed by atoms with Crippen molar-refractivity contribution in [3.8, 4) is 0 Å². The topological polar surface area (TPSA) is 63.6 Å². The molecule has 0 aliphatic carbocycles. The average Bonchev–Trinajstić information content (AvgIpc) is 2.16. The van der Waals surface area contributed by atoms with Gasteiger partial charge in [-0.1, -0.05) is 0 Å². The van der Waals surface area contributed by atoms with Crippen molar-refractivity contribution >= 4 is 11.9 Å². The monoisotopic (exact) mass is 268 g/mol. The number of rotatable bonds is 6. The van der Waals surface area contributed by atoms with E-state index >= 15 is 0 Å². The number of hydrogen-bond acceptors (Lipinski definition) is 3. The molecule has 0 aliphatic rings. The second kappa shape index (κ2) is 6.30. The highest BCUT2D eigenvalue weighted by molar-refractivity contribution is 5.94. The number of carboxylic acids is 1.